The highest BCUT2D eigenvalue weighted by molar-refractivity contribution is 8.00. The van der Waals surface area contributed by atoms with E-state index in [0.717, 1.165) is 0 Å². The van der Waals surface area contributed by atoms with Gasteiger partial charge in [0.15, 0.2) is 0 Å². The molecule has 1 aromatic carbocycles. The number of nitrogens with zero attached hydrogens (tertiary/aromatic N) is 2. The van der Waals surface area contributed by atoms with Crippen molar-refractivity contribution in [2.45, 2.75) is 67.4 Å². The smallest absolute Gasteiger partial charge is 0.411 e. The standard InChI is InChI=1S/C20H23ClFN3O3S/c1-19(2,3)28-18(27)25-10-13(29-16-5-4-12(22)8-14(16)21)9-15(25)17(26)24-20(11-23)6-7-20/h4-5,8,13,15H,6-7,9-10H2,1-3H3,(H,24,26)/t13-,15+/m1/s1. The minimum absolute atomic E-state index is 0.126. The Morgan fingerprint density at radius 2 is 2.10 bits per heavy atom. The number of nitrogens with one attached hydrogen (secondary N) is 1. The van der Waals surface area contributed by atoms with E-state index in [1.807, 2.05) is 0 Å². The minimum atomic E-state index is -0.817. The maximum absolute atomic E-state index is 13.3. The molecule has 2 aliphatic rings. The zero-order valence-corrected chi connectivity index (χ0v) is 18.1. The first-order chi connectivity index (χ1) is 13.5. The van der Waals surface area contributed by atoms with Crippen molar-refractivity contribution < 1.29 is 18.7 Å². The van der Waals surface area contributed by atoms with Crippen LogP contribution in [0.15, 0.2) is 23.1 Å². The molecule has 0 unspecified atom stereocenters. The van der Waals surface area contributed by atoms with Crippen LogP contribution in [0.3, 0.4) is 0 Å². The maximum atomic E-state index is 13.3. The molecule has 29 heavy (non-hydrogen) atoms. The molecule has 1 saturated carbocycles. The van der Waals surface area contributed by atoms with Gasteiger partial charge >= 0.3 is 6.09 Å². The fourth-order valence-corrected chi connectivity index (χ4v) is 4.60. The zero-order chi connectivity index (χ0) is 21.4. The van der Waals surface area contributed by atoms with Crippen molar-refractivity contribution in [3.63, 3.8) is 0 Å². The Morgan fingerprint density at radius 3 is 2.66 bits per heavy atom. The molecule has 1 saturated heterocycles. The first-order valence-corrected chi connectivity index (χ1v) is 10.6. The molecule has 1 N–H and O–H groups in total. The number of carbonyl (C=O) groups is 2. The van der Waals surface area contributed by atoms with Crippen LogP contribution in [-0.4, -0.2) is 45.9 Å². The van der Waals surface area contributed by atoms with Gasteiger partial charge in [0.25, 0.3) is 0 Å². The van der Waals surface area contributed by atoms with E-state index in [2.05, 4.69) is 11.4 Å². The molecule has 1 heterocycles. The Bertz CT molecular complexity index is 864. The quantitative estimate of drug-likeness (QED) is 0.762. The van der Waals surface area contributed by atoms with E-state index in [0.29, 0.717) is 24.2 Å². The number of rotatable bonds is 4. The number of likely N-dealkylation sites (tertiary alicyclic amines) is 1. The lowest BCUT2D eigenvalue weighted by Gasteiger charge is -2.28. The summed E-state index contributed by atoms with van der Waals surface area (Å²) in [5, 5.41) is 12.2. The van der Waals surface area contributed by atoms with Crippen molar-refractivity contribution in [3.05, 3.63) is 29.0 Å². The van der Waals surface area contributed by atoms with Crippen LogP contribution in [0.2, 0.25) is 5.02 Å². The molecule has 1 aliphatic carbocycles. The second-order valence-electron chi connectivity index (χ2n) is 8.38. The van der Waals surface area contributed by atoms with E-state index in [4.69, 9.17) is 16.3 Å². The number of hydrogen-bond donors (Lipinski definition) is 1. The number of amides is 2. The molecule has 0 bridgehead atoms. The van der Waals surface area contributed by atoms with Crippen LogP contribution in [0, 0.1) is 17.1 Å². The van der Waals surface area contributed by atoms with Crippen LogP contribution in [0.5, 0.6) is 0 Å². The summed E-state index contributed by atoms with van der Waals surface area (Å²) in [5.41, 5.74) is -1.52. The van der Waals surface area contributed by atoms with E-state index in [9.17, 15) is 19.2 Å². The van der Waals surface area contributed by atoms with Crippen LogP contribution in [0.1, 0.15) is 40.0 Å². The molecule has 3 rings (SSSR count). The predicted molar refractivity (Wildman–Crippen MR) is 108 cm³/mol. The third-order valence-electron chi connectivity index (χ3n) is 4.71. The summed E-state index contributed by atoms with van der Waals surface area (Å²) in [7, 11) is 0. The number of thioether (sulfide) groups is 1. The highest BCUT2D eigenvalue weighted by Crippen LogP contribution is 2.39. The summed E-state index contributed by atoms with van der Waals surface area (Å²) in [6.45, 7) is 5.56. The highest BCUT2D eigenvalue weighted by Gasteiger charge is 2.49. The van der Waals surface area contributed by atoms with Crippen molar-refractivity contribution in [1.29, 1.82) is 5.26 Å². The van der Waals surface area contributed by atoms with E-state index < -0.39 is 29.1 Å². The summed E-state index contributed by atoms with van der Waals surface area (Å²) < 4.78 is 18.8. The summed E-state index contributed by atoms with van der Waals surface area (Å²) in [6.07, 6.45) is 1.02. The second kappa shape index (κ2) is 8.04. The summed E-state index contributed by atoms with van der Waals surface area (Å²) in [6, 6.07) is 5.53. The van der Waals surface area contributed by atoms with Crippen molar-refractivity contribution in [1.82, 2.24) is 10.2 Å². The van der Waals surface area contributed by atoms with Crippen LogP contribution in [0.25, 0.3) is 0 Å². The number of hydrogen-bond acceptors (Lipinski definition) is 5. The topological polar surface area (TPSA) is 82.4 Å². The molecule has 156 valence electrons. The van der Waals surface area contributed by atoms with Gasteiger partial charge in [-0.2, -0.15) is 5.26 Å². The molecule has 6 nitrogen and oxygen atoms in total. The van der Waals surface area contributed by atoms with Gasteiger partial charge in [-0.3, -0.25) is 9.69 Å². The van der Waals surface area contributed by atoms with Gasteiger partial charge in [0.05, 0.1) is 11.1 Å². The van der Waals surface area contributed by atoms with Gasteiger partial charge in [-0.15, -0.1) is 11.8 Å². The Hall–Kier alpha value is -1.98. The number of nitriles is 1. The van der Waals surface area contributed by atoms with Gasteiger partial charge in [-0.1, -0.05) is 11.6 Å². The van der Waals surface area contributed by atoms with E-state index in [-0.39, 0.29) is 22.7 Å². The highest BCUT2D eigenvalue weighted by atomic mass is 35.5. The van der Waals surface area contributed by atoms with Gasteiger partial charge in [0.2, 0.25) is 5.91 Å². The summed E-state index contributed by atoms with van der Waals surface area (Å²) in [4.78, 5) is 27.6. The monoisotopic (exact) mass is 439 g/mol. The first kappa shape index (κ1) is 21.7. The van der Waals surface area contributed by atoms with E-state index in [1.54, 1.807) is 26.8 Å². The minimum Gasteiger partial charge on any atom is -0.444 e. The SMILES string of the molecule is CC(C)(C)OC(=O)N1C[C@H](Sc2ccc(F)cc2Cl)C[C@H]1C(=O)NC1(C#N)CC1. The Kier molecular flexibility index (Phi) is 6.02. The lowest BCUT2D eigenvalue weighted by atomic mass is 10.2. The fraction of sp³-hybridized carbons (Fsp3) is 0.550. The average Bonchev–Trinajstić information content (AvgIpc) is 3.25. The van der Waals surface area contributed by atoms with Crippen LogP contribution in [-0.2, 0) is 9.53 Å². The molecule has 9 heteroatoms. The molecular weight excluding hydrogens is 417 g/mol. The Balaban J connectivity index is 1.76. The first-order valence-electron chi connectivity index (χ1n) is 9.36. The number of benzene rings is 1. The molecule has 2 amide bonds. The van der Waals surface area contributed by atoms with Crippen molar-refractivity contribution in [3.8, 4) is 6.07 Å². The van der Waals surface area contributed by atoms with Crippen LogP contribution >= 0.6 is 23.4 Å². The number of ether oxygens (including phenoxy) is 1. The Morgan fingerprint density at radius 1 is 1.41 bits per heavy atom. The lowest BCUT2D eigenvalue weighted by molar-refractivity contribution is -0.126. The fourth-order valence-electron chi connectivity index (χ4n) is 3.11. The maximum Gasteiger partial charge on any atom is 0.411 e. The van der Waals surface area contributed by atoms with Gasteiger partial charge in [-0.25, -0.2) is 9.18 Å². The van der Waals surface area contributed by atoms with Crippen LogP contribution in [0.4, 0.5) is 9.18 Å². The molecule has 0 radical (unpaired) electrons. The largest absolute Gasteiger partial charge is 0.444 e. The van der Waals surface area contributed by atoms with Crippen molar-refractivity contribution >= 4 is 35.4 Å². The summed E-state index contributed by atoms with van der Waals surface area (Å²) in [5.74, 6) is -0.784. The Labute approximate surface area is 178 Å². The molecular formula is C20H23ClFN3O3S. The second-order valence-corrected chi connectivity index (χ2v) is 10.1. The third kappa shape index (κ3) is 5.34. The van der Waals surface area contributed by atoms with Gasteiger partial charge in [-0.05, 0) is 58.2 Å². The molecule has 1 aromatic rings. The molecule has 0 spiro atoms. The molecule has 2 atom stereocenters. The van der Waals surface area contributed by atoms with E-state index >= 15 is 0 Å². The molecule has 1 aliphatic heterocycles. The van der Waals surface area contributed by atoms with E-state index in [1.165, 1.54) is 28.8 Å². The zero-order valence-electron chi connectivity index (χ0n) is 16.5. The predicted octanol–water partition coefficient (Wildman–Crippen LogP) is 4.12. The summed E-state index contributed by atoms with van der Waals surface area (Å²) >= 11 is 7.52. The lowest BCUT2D eigenvalue weighted by Crippen LogP contribution is -2.50. The molecule has 0 aromatic heterocycles. The van der Waals surface area contributed by atoms with Crippen molar-refractivity contribution in [2.24, 2.45) is 0 Å². The number of carbonyl (C=O) groups excluding carboxylic acids is 2. The normalized spacial score (nSPS) is 22.7. The average molecular weight is 440 g/mol. The van der Waals surface area contributed by atoms with Gasteiger partial charge in [0.1, 0.15) is 23.0 Å². The van der Waals surface area contributed by atoms with Crippen molar-refractivity contribution in [2.75, 3.05) is 6.54 Å². The van der Waals surface area contributed by atoms with Gasteiger partial charge < -0.3 is 10.1 Å². The van der Waals surface area contributed by atoms with Gasteiger partial charge in [0, 0.05) is 16.7 Å². The van der Waals surface area contributed by atoms with Crippen LogP contribution < -0.4 is 5.32 Å². The molecule has 2 fully saturated rings. The number of halogens is 2. The third-order valence-corrected chi connectivity index (χ3v) is 6.42.